The molecule has 0 spiro atoms. The molecule has 2 amide bonds. The maximum absolute atomic E-state index is 12.9. The van der Waals surface area contributed by atoms with E-state index in [1.807, 2.05) is 0 Å². The van der Waals surface area contributed by atoms with E-state index < -0.39 is 29.1 Å². The number of alkyl halides is 3. The van der Waals surface area contributed by atoms with Crippen molar-refractivity contribution in [3.63, 3.8) is 0 Å². The molecule has 5 nitrogen and oxygen atoms in total. The Labute approximate surface area is 153 Å². The average molecular weight is 378 g/mol. The first-order chi connectivity index (χ1) is 12.6. The summed E-state index contributed by atoms with van der Waals surface area (Å²) in [5.74, 6) is -1.13. The number of benzene rings is 2. The molecule has 0 atom stereocenters. The minimum Gasteiger partial charge on any atom is -0.325 e. The monoisotopic (exact) mass is 378 g/mol. The molecular formula is C19H17F3N2O3. The van der Waals surface area contributed by atoms with Crippen LogP contribution in [0.15, 0.2) is 42.5 Å². The number of hydrogen-bond donors (Lipinski definition) is 2. The highest BCUT2D eigenvalue weighted by atomic mass is 19.4. The lowest BCUT2D eigenvalue weighted by Gasteiger charge is -2.32. The molecule has 1 aliphatic rings. The van der Waals surface area contributed by atoms with Gasteiger partial charge in [-0.15, -0.1) is 0 Å². The van der Waals surface area contributed by atoms with Gasteiger partial charge in [-0.1, -0.05) is 12.1 Å². The van der Waals surface area contributed by atoms with E-state index in [1.54, 1.807) is 31.5 Å². The Morgan fingerprint density at radius 3 is 2.30 bits per heavy atom. The summed E-state index contributed by atoms with van der Waals surface area (Å²) in [7, 11) is 0. The predicted molar refractivity (Wildman–Crippen MR) is 90.0 cm³/mol. The Bertz CT molecular complexity index is 905. The molecule has 0 radical (unpaired) electrons. The van der Waals surface area contributed by atoms with Crippen molar-refractivity contribution >= 4 is 11.8 Å². The normalized spacial score (nSPS) is 15.4. The molecule has 0 bridgehead atoms. The van der Waals surface area contributed by atoms with Gasteiger partial charge in [0, 0.05) is 17.7 Å². The topological polar surface area (TPSA) is 69.6 Å². The van der Waals surface area contributed by atoms with Crippen molar-refractivity contribution in [2.75, 3.05) is 0 Å². The smallest absolute Gasteiger partial charge is 0.325 e. The third kappa shape index (κ3) is 3.16. The SMILES string of the molecule is CC1(C)c2cccc(C(=O)NO)c2CN1C(=O)c1ccc(C(F)(F)F)cc1. The van der Waals surface area contributed by atoms with Gasteiger partial charge in [0.2, 0.25) is 0 Å². The molecule has 3 rings (SSSR count). The van der Waals surface area contributed by atoms with Crippen LogP contribution in [0.1, 0.15) is 51.3 Å². The second kappa shape index (κ2) is 6.38. The Morgan fingerprint density at radius 1 is 1.11 bits per heavy atom. The molecule has 27 heavy (non-hydrogen) atoms. The van der Waals surface area contributed by atoms with Gasteiger partial charge in [-0.2, -0.15) is 13.2 Å². The van der Waals surface area contributed by atoms with Crippen molar-refractivity contribution in [1.82, 2.24) is 10.4 Å². The number of carbonyl (C=O) groups excluding carboxylic acids is 2. The highest BCUT2D eigenvalue weighted by Gasteiger charge is 2.42. The minimum atomic E-state index is -4.47. The van der Waals surface area contributed by atoms with E-state index in [-0.39, 0.29) is 17.7 Å². The van der Waals surface area contributed by atoms with Gasteiger partial charge in [0.1, 0.15) is 0 Å². The zero-order chi connectivity index (χ0) is 20.0. The van der Waals surface area contributed by atoms with Gasteiger partial charge < -0.3 is 4.90 Å². The number of nitrogens with one attached hydrogen (secondary N) is 1. The molecule has 0 aliphatic carbocycles. The number of carbonyl (C=O) groups is 2. The van der Waals surface area contributed by atoms with E-state index in [2.05, 4.69) is 0 Å². The highest BCUT2D eigenvalue weighted by Crippen LogP contribution is 2.41. The molecule has 2 N–H and O–H groups in total. The number of fused-ring (bicyclic) bond motifs is 1. The van der Waals surface area contributed by atoms with Gasteiger partial charge >= 0.3 is 6.18 Å². The fourth-order valence-electron chi connectivity index (χ4n) is 3.39. The zero-order valence-corrected chi connectivity index (χ0v) is 14.6. The summed E-state index contributed by atoms with van der Waals surface area (Å²) in [5.41, 5.74) is 1.68. The summed E-state index contributed by atoms with van der Waals surface area (Å²) < 4.78 is 38.2. The standard InChI is InChI=1S/C19H17F3N2O3/c1-18(2)15-5-3-4-13(16(25)23-27)14(15)10-24(18)17(26)11-6-8-12(9-7-11)19(20,21)22/h3-9,27H,10H2,1-2H3,(H,23,25). The zero-order valence-electron chi connectivity index (χ0n) is 14.6. The summed E-state index contributed by atoms with van der Waals surface area (Å²) in [6.07, 6.45) is -4.47. The second-order valence-corrected chi connectivity index (χ2v) is 6.80. The predicted octanol–water partition coefficient (Wildman–Crippen LogP) is 3.72. The molecular weight excluding hydrogens is 361 g/mol. The van der Waals surface area contributed by atoms with E-state index in [0.29, 0.717) is 5.56 Å². The van der Waals surface area contributed by atoms with E-state index in [1.165, 1.54) is 11.0 Å². The summed E-state index contributed by atoms with van der Waals surface area (Å²) in [6.45, 7) is 3.69. The molecule has 0 aromatic heterocycles. The highest BCUT2D eigenvalue weighted by molar-refractivity contribution is 5.98. The number of nitrogens with zero attached hydrogens (tertiary/aromatic N) is 1. The third-order valence-corrected chi connectivity index (χ3v) is 4.88. The number of amides is 2. The van der Waals surface area contributed by atoms with Gasteiger partial charge in [-0.3, -0.25) is 14.8 Å². The Balaban J connectivity index is 1.96. The summed E-state index contributed by atoms with van der Waals surface area (Å²) in [6, 6.07) is 8.99. The largest absolute Gasteiger partial charge is 0.416 e. The number of hydroxylamine groups is 1. The molecule has 0 unspecified atom stereocenters. The maximum atomic E-state index is 12.9. The van der Waals surface area contributed by atoms with Gasteiger partial charge in [0.05, 0.1) is 11.1 Å². The van der Waals surface area contributed by atoms with Crippen molar-refractivity contribution in [2.45, 2.75) is 32.1 Å². The Morgan fingerprint density at radius 2 is 1.74 bits per heavy atom. The average Bonchev–Trinajstić information content (AvgIpc) is 2.91. The number of hydrogen-bond acceptors (Lipinski definition) is 3. The fourth-order valence-corrected chi connectivity index (χ4v) is 3.39. The van der Waals surface area contributed by atoms with Crippen molar-refractivity contribution in [2.24, 2.45) is 0 Å². The van der Waals surface area contributed by atoms with Crippen LogP contribution >= 0.6 is 0 Å². The lowest BCUT2D eigenvalue weighted by atomic mass is 9.91. The molecule has 2 aromatic carbocycles. The quantitative estimate of drug-likeness (QED) is 0.618. The summed E-state index contributed by atoms with van der Waals surface area (Å²) in [5, 5.41) is 8.92. The van der Waals surface area contributed by atoms with Crippen molar-refractivity contribution in [3.05, 3.63) is 70.3 Å². The first-order valence-corrected chi connectivity index (χ1v) is 8.13. The first kappa shape index (κ1) is 18.9. The molecule has 8 heteroatoms. The van der Waals surface area contributed by atoms with Gasteiger partial charge in [0.15, 0.2) is 0 Å². The van der Waals surface area contributed by atoms with Crippen LogP contribution in [0.2, 0.25) is 0 Å². The van der Waals surface area contributed by atoms with Crippen LogP contribution in [0, 0.1) is 0 Å². The fraction of sp³-hybridized carbons (Fsp3) is 0.263. The van der Waals surface area contributed by atoms with E-state index in [4.69, 9.17) is 5.21 Å². The van der Waals surface area contributed by atoms with Gasteiger partial charge in [-0.25, -0.2) is 5.48 Å². The van der Waals surface area contributed by atoms with E-state index >= 15 is 0 Å². The molecule has 1 aliphatic heterocycles. The molecule has 0 saturated carbocycles. The van der Waals surface area contributed by atoms with E-state index in [0.717, 1.165) is 29.8 Å². The van der Waals surface area contributed by atoms with Crippen molar-refractivity contribution in [1.29, 1.82) is 0 Å². The molecule has 142 valence electrons. The lowest BCUT2D eigenvalue weighted by molar-refractivity contribution is -0.137. The van der Waals surface area contributed by atoms with Crippen LogP contribution in [0.5, 0.6) is 0 Å². The van der Waals surface area contributed by atoms with Crippen LogP contribution in [-0.4, -0.2) is 21.9 Å². The first-order valence-electron chi connectivity index (χ1n) is 8.13. The van der Waals surface area contributed by atoms with Gasteiger partial charge in [0.25, 0.3) is 11.8 Å². The number of halogens is 3. The molecule has 0 saturated heterocycles. The van der Waals surface area contributed by atoms with Crippen LogP contribution < -0.4 is 5.48 Å². The summed E-state index contributed by atoms with van der Waals surface area (Å²) in [4.78, 5) is 26.3. The summed E-state index contributed by atoms with van der Waals surface area (Å²) >= 11 is 0. The van der Waals surface area contributed by atoms with Crippen molar-refractivity contribution < 1.29 is 28.0 Å². The number of rotatable bonds is 2. The Kier molecular flexibility index (Phi) is 4.47. The van der Waals surface area contributed by atoms with Crippen LogP contribution in [0.4, 0.5) is 13.2 Å². The van der Waals surface area contributed by atoms with Gasteiger partial charge in [-0.05, 0) is 55.3 Å². The van der Waals surface area contributed by atoms with Crippen LogP contribution in [0.3, 0.4) is 0 Å². The Hall–Kier alpha value is -2.87. The molecule has 0 fully saturated rings. The third-order valence-electron chi connectivity index (χ3n) is 4.88. The molecule has 2 aromatic rings. The molecule has 1 heterocycles. The lowest BCUT2D eigenvalue weighted by Crippen LogP contribution is -2.40. The maximum Gasteiger partial charge on any atom is 0.416 e. The van der Waals surface area contributed by atoms with E-state index in [9.17, 15) is 22.8 Å². The minimum absolute atomic E-state index is 0.103. The second-order valence-electron chi connectivity index (χ2n) is 6.80. The van der Waals surface area contributed by atoms with Crippen molar-refractivity contribution in [3.8, 4) is 0 Å². The van der Waals surface area contributed by atoms with Crippen LogP contribution in [0.25, 0.3) is 0 Å². The van der Waals surface area contributed by atoms with Crippen LogP contribution in [-0.2, 0) is 18.3 Å².